The van der Waals surface area contributed by atoms with E-state index < -0.39 is 9.84 Å². The SMILES string of the molecule is CSc1nc(-c2ccccc2)nn1-c1ccc(S(C)(=O)=O)cc1. The van der Waals surface area contributed by atoms with Crippen LogP contribution in [0.2, 0.25) is 0 Å². The monoisotopic (exact) mass is 345 g/mol. The topological polar surface area (TPSA) is 64.8 Å². The van der Waals surface area contributed by atoms with Crippen LogP contribution < -0.4 is 0 Å². The number of hydrogen-bond donors (Lipinski definition) is 0. The third-order valence-electron chi connectivity index (χ3n) is 3.30. The lowest BCUT2D eigenvalue weighted by atomic mass is 10.2. The predicted octanol–water partition coefficient (Wildman–Crippen LogP) is 3.06. The quantitative estimate of drug-likeness (QED) is 0.680. The minimum atomic E-state index is -3.21. The minimum absolute atomic E-state index is 0.287. The fourth-order valence-electron chi connectivity index (χ4n) is 2.14. The molecular weight excluding hydrogens is 330 g/mol. The van der Waals surface area contributed by atoms with Crippen molar-refractivity contribution < 1.29 is 8.42 Å². The number of aromatic nitrogens is 3. The van der Waals surface area contributed by atoms with Gasteiger partial charge in [0.1, 0.15) is 0 Å². The number of thioether (sulfide) groups is 1. The van der Waals surface area contributed by atoms with Crippen molar-refractivity contribution >= 4 is 21.6 Å². The van der Waals surface area contributed by atoms with Gasteiger partial charge in [-0.1, -0.05) is 42.1 Å². The molecule has 0 aliphatic carbocycles. The largest absolute Gasteiger partial charge is 0.224 e. The maximum absolute atomic E-state index is 11.6. The Morgan fingerprint density at radius 3 is 2.22 bits per heavy atom. The van der Waals surface area contributed by atoms with Crippen LogP contribution in [0.4, 0.5) is 0 Å². The number of rotatable bonds is 4. The average Bonchev–Trinajstić information content (AvgIpc) is 2.99. The molecule has 0 aliphatic rings. The molecule has 0 radical (unpaired) electrons. The molecule has 23 heavy (non-hydrogen) atoms. The molecule has 0 aliphatic heterocycles. The smallest absolute Gasteiger partial charge is 0.191 e. The summed E-state index contributed by atoms with van der Waals surface area (Å²) >= 11 is 1.49. The van der Waals surface area contributed by atoms with Crippen molar-refractivity contribution in [3.63, 3.8) is 0 Å². The summed E-state index contributed by atoms with van der Waals surface area (Å²) in [6, 6.07) is 16.4. The fourth-order valence-corrected chi connectivity index (χ4v) is 3.27. The molecule has 0 unspecified atom stereocenters. The molecule has 1 heterocycles. The first kappa shape index (κ1) is 15.8. The molecule has 7 heteroatoms. The Balaban J connectivity index is 2.04. The summed E-state index contributed by atoms with van der Waals surface area (Å²) in [5.74, 6) is 0.641. The first-order valence-corrected chi connectivity index (χ1v) is 9.97. The van der Waals surface area contributed by atoms with E-state index in [1.165, 1.54) is 18.0 Å². The molecule has 0 spiro atoms. The molecule has 0 N–H and O–H groups in total. The molecule has 5 nitrogen and oxygen atoms in total. The van der Waals surface area contributed by atoms with E-state index >= 15 is 0 Å². The van der Waals surface area contributed by atoms with Crippen molar-refractivity contribution in [1.82, 2.24) is 14.8 Å². The van der Waals surface area contributed by atoms with Crippen molar-refractivity contribution in [1.29, 1.82) is 0 Å². The van der Waals surface area contributed by atoms with Crippen LogP contribution in [0, 0.1) is 0 Å². The van der Waals surface area contributed by atoms with Crippen LogP contribution in [0.5, 0.6) is 0 Å². The van der Waals surface area contributed by atoms with Crippen LogP contribution in [-0.2, 0) is 9.84 Å². The highest BCUT2D eigenvalue weighted by Gasteiger charge is 2.13. The highest BCUT2D eigenvalue weighted by molar-refractivity contribution is 7.98. The normalized spacial score (nSPS) is 11.6. The zero-order chi connectivity index (χ0) is 16.4. The maximum Gasteiger partial charge on any atom is 0.191 e. The summed E-state index contributed by atoms with van der Waals surface area (Å²) in [4.78, 5) is 4.83. The van der Waals surface area contributed by atoms with Gasteiger partial charge in [-0.2, -0.15) is 0 Å². The van der Waals surface area contributed by atoms with E-state index in [1.54, 1.807) is 28.9 Å². The summed E-state index contributed by atoms with van der Waals surface area (Å²) in [6.07, 6.45) is 3.12. The van der Waals surface area contributed by atoms with E-state index in [0.29, 0.717) is 5.82 Å². The molecule has 0 atom stereocenters. The third kappa shape index (κ3) is 3.30. The van der Waals surface area contributed by atoms with Gasteiger partial charge >= 0.3 is 0 Å². The number of nitrogens with zero attached hydrogens (tertiary/aromatic N) is 3. The first-order chi connectivity index (χ1) is 11.0. The van der Waals surface area contributed by atoms with Gasteiger partial charge in [0, 0.05) is 11.8 Å². The fraction of sp³-hybridized carbons (Fsp3) is 0.125. The molecule has 3 rings (SSSR count). The van der Waals surface area contributed by atoms with Gasteiger partial charge in [0.15, 0.2) is 20.8 Å². The van der Waals surface area contributed by atoms with Crippen molar-refractivity contribution in [3.05, 3.63) is 54.6 Å². The minimum Gasteiger partial charge on any atom is -0.224 e. The molecule has 118 valence electrons. The van der Waals surface area contributed by atoms with Crippen molar-refractivity contribution in [2.24, 2.45) is 0 Å². The van der Waals surface area contributed by atoms with Gasteiger partial charge < -0.3 is 0 Å². The van der Waals surface area contributed by atoms with Crippen LogP contribution >= 0.6 is 11.8 Å². The van der Waals surface area contributed by atoms with E-state index in [2.05, 4.69) is 10.1 Å². The average molecular weight is 345 g/mol. The number of hydrogen-bond acceptors (Lipinski definition) is 5. The Bertz CT molecular complexity index is 918. The maximum atomic E-state index is 11.6. The molecule has 0 saturated heterocycles. The predicted molar refractivity (Wildman–Crippen MR) is 91.7 cm³/mol. The zero-order valence-electron chi connectivity index (χ0n) is 12.7. The lowest BCUT2D eigenvalue weighted by molar-refractivity contribution is 0.602. The highest BCUT2D eigenvalue weighted by atomic mass is 32.2. The Morgan fingerprint density at radius 2 is 1.65 bits per heavy atom. The standard InChI is InChI=1S/C16H15N3O2S2/c1-22-16-17-15(12-6-4-3-5-7-12)18-19(16)13-8-10-14(11-9-13)23(2,20)21/h3-11H,1-2H3. The summed E-state index contributed by atoms with van der Waals surface area (Å²) in [6.45, 7) is 0. The van der Waals surface area contributed by atoms with Crippen LogP contribution in [-0.4, -0.2) is 35.7 Å². The second-order valence-electron chi connectivity index (χ2n) is 4.97. The third-order valence-corrected chi connectivity index (χ3v) is 5.06. The molecule has 0 saturated carbocycles. The lowest BCUT2D eigenvalue weighted by Gasteiger charge is -2.04. The Morgan fingerprint density at radius 1 is 1.00 bits per heavy atom. The van der Waals surface area contributed by atoms with Crippen LogP contribution in [0.15, 0.2) is 64.6 Å². The van der Waals surface area contributed by atoms with E-state index in [9.17, 15) is 8.42 Å². The summed E-state index contributed by atoms with van der Waals surface area (Å²) in [7, 11) is -3.21. The second-order valence-corrected chi connectivity index (χ2v) is 7.76. The van der Waals surface area contributed by atoms with Crippen LogP contribution in [0.3, 0.4) is 0 Å². The van der Waals surface area contributed by atoms with Crippen molar-refractivity contribution in [3.8, 4) is 17.1 Å². The number of sulfone groups is 1. The van der Waals surface area contributed by atoms with Gasteiger partial charge in [0.25, 0.3) is 0 Å². The number of benzene rings is 2. The Kier molecular flexibility index (Phi) is 4.23. The van der Waals surface area contributed by atoms with Crippen molar-refractivity contribution in [2.45, 2.75) is 10.1 Å². The van der Waals surface area contributed by atoms with Gasteiger partial charge in [-0.25, -0.2) is 18.1 Å². The van der Waals surface area contributed by atoms with Crippen LogP contribution in [0.1, 0.15) is 0 Å². The lowest BCUT2D eigenvalue weighted by Crippen LogP contribution is -2.01. The molecule has 0 fully saturated rings. The Labute approximate surface area is 139 Å². The van der Waals surface area contributed by atoms with E-state index in [1.807, 2.05) is 36.6 Å². The molecule has 2 aromatic carbocycles. The van der Waals surface area contributed by atoms with E-state index in [0.717, 1.165) is 16.4 Å². The molecule has 3 aromatic rings. The van der Waals surface area contributed by atoms with Gasteiger partial charge in [-0.3, -0.25) is 0 Å². The molecule has 0 bridgehead atoms. The second kappa shape index (κ2) is 6.17. The molecule has 0 amide bonds. The van der Waals surface area contributed by atoms with Gasteiger partial charge in [-0.05, 0) is 30.5 Å². The highest BCUT2D eigenvalue weighted by Crippen LogP contribution is 2.23. The summed E-state index contributed by atoms with van der Waals surface area (Å²) < 4.78 is 24.8. The van der Waals surface area contributed by atoms with Gasteiger partial charge in [0.05, 0.1) is 10.6 Å². The van der Waals surface area contributed by atoms with E-state index in [4.69, 9.17) is 0 Å². The van der Waals surface area contributed by atoms with E-state index in [-0.39, 0.29) is 4.90 Å². The van der Waals surface area contributed by atoms with Gasteiger partial charge in [-0.15, -0.1) is 5.10 Å². The Hall–Kier alpha value is -2.12. The summed E-state index contributed by atoms with van der Waals surface area (Å²) in [5.41, 5.74) is 1.71. The summed E-state index contributed by atoms with van der Waals surface area (Å²) in [5, 5.41) is 5.29. The van der Waals surface area contributed by atoms with Crippen LogP contribution in [0.25, 0.3) is 17.1 Å². The van der Waals surface area contributed by atoms with Gasteiger partial charge in [0.2, 0.25) is 0 Å². The molecule has 1 aromatic heterocycles. The first-order valence-electron chi connectivity index (χ1n) is 6.86. The van der Waals surface area contributed by atoms with Crippen molar-refractivity contribution in [2.75, 3.05) is 12.5 Å². The molecular formula is C16H15N3O2S2. The zero-order valence-corrected chi connectivity index (χ0v) is 14.3.